The Kier molecular flexibility index (Phi) is 5.24. The Bertz CT molecular complexity index is 1400. The van der Waals surface area contributed by atoms with Gasteiger partial charge in [-0.25, -0.2) is 4.68 Å². The van der Waals surface area contributed by atoms with Crippen molar-refractivity contribution >= 4 is 34.2 Å². The molecular weight excluding hydrogens is 400 g/mol. The van der Waals surface area contributed by atoms with Crippen LogP contribution in [-0.4, -0.2) is 9.78 Å². The SMILES string of the molecule is Clc1ccc2nn(-c3ccccc3)c(C(=C=Cc3ccccc3)c3ccccc3)c2c1. The molecule has 5 rings (SSSR count). The molecule has 0 fully saturated rings. The maximum absolute atomic E-state index is 6.40. The molecule has 0 amide bonds. The van der Waals surface area contributed by atoms with Crippen molar-refractivity contribution in [2.75, 3.05) is 0 Å². The van der Waals surface area contributed by atoms with Crippen LogP contribution in [-0.2, 0) is 0 Å². The van der Waals surface area contributed by atoms with E-state index in [4.69, 9.17) is 16.7 Å². The minimum Gasteiger partial charge on any atom is -0.231 e. The molecule has 148 valence electrons. The zero-order valence-electron chi connectivity index (χ0n) is 16.7. The summed E-state index contributed by atoms with van der Waals surface area (Å²) in [6, 6.07) is 36.5. The van der Waals surface area contributed by atoms with Crippen molar-refractivity contribution in [3.63, 3.8) is 0 Å². The number of nitrogens with zero attached hydrogens (tertiary/aromatic N) is 2. The highest BCUT2D eigenvalue weighted by atomic mass is 35.5. The summed E-state index contributed by atoms with van der Waals surface area (Å²) < 4.78 is 1.98. The fourth-order valence-corrected chi connectivity index (χ4v) is 3.82. The second-order valence-corrected chi connectivity index (χ2v) is 7.63. The van der Waals surface area contributed by atoms with Crippen LogP contribution in [0.25, 0.3) is 28.2 Å². The maximum atomic E-state index is 6.40. The molecular formula is C28H19ClN2. The zero-order valence-corrected chi connectivity index (χ0v) is 17.5. The Morgan fingerprint density at radius 2 is 1.42 bits per heavy atom. The molecule has 0 saturated heterocycles. The Morgan fingerprint density at radius 1 is 0.774 bits per heavy atom. The first kappa shape index (κ1) is 19.1. The molecule has 0 atom stereocenters. The first-order valence-electron chi connectivity index (χ1n) is 10.1. The van der Waals surface area contributed by atoms with E-state index in [2.05, 4.69) is 42.1 Å². The molecule has 0 aliphatic carbocycles. The van der Waals surface area contributed by atoms with E-state index in [-0.39, 0.29) is 0 Å². The van der Waals surface area contributed by atoms with Crippen LogP contribution >= 0.6 is 11.6 Å². The second-order valence-electron chi connectivity index (χ2n) is 7.20. The van der Waals surface area contributed by atoms with Crippen LogP contribution in [0, 0.1) is 0 Å². The molecule has 2 nitrogen and oxygen atoms in total. The van der Waals surface area contributed by atoms with Gasteiger partial charge >= 0.3 is 0 Å². The number of fused-ring (bicyclic) bond motifs is 1. The molecule has 3 heteroatoms. The van der Waals surface area contributed by atoms with E-state index in [0.29, 0.717) is 5.02 Å². The third kappa shape index (κ3) is 3.95. The first-order chi connectivity index (χ1) is 15.3. The van der Waals surface area contributed by atoms with E-state index in [9.17, 15) is 0 Å². The monoisotopic (exact) mass is 418 g/mol. The van der Waals surface area contributed by atoms with Gasteiger partial charge in [0.25, 0.3) is 0 Å². The van der Waals surface area contributed by atoms with Crippen molar-refractivity contribution in [3.8, 4) is 5.69 Å². The van der Waals surface area contributed by atoms with Crippen LogP contribution in [0.5, 0.6) is 0 Å². The van der Waals surface area contributed by atoms with Crippen LogP contribution in [0.1, 0.15) is 16.8 Å². The molecule has 0 saturated carbocycles. The highest BCUT2D eigenvalue weighted by molar-refractivity contribution is 6.31. The van der Waals surface area contributed by atoms with Gasteiger partial charge in [-0.15, -0.1) is 5.73 Å². The van der Waals surface area contributed by atoms with Gasteiger partial charge in [0.15, 0.2) is 0 Å². The highest BCUT2D eigenvalue weighted by Gasteiger charge is 2.18. The van der Waals surface area contributed by atoms with Gasteiger partial charge in [0, 0.05) is 10.4 Å². The van der Waals surface area contributed by atoms with E-state index in [1.807, 2.05) is 83.6 Å². The van der Waals surface area contributed by atoms with E-state index < -0.39 is 0 Å². The molecule has 0 aliphatic heterocycles. The van der Waals surface area contributed by atoms with Gasteiger partial charge in [0.05, 0.1) is 22.5 Å². The Labute approximate surface area is 186 Å². The number of rotatable bonds is 4. The molecule has 0 bridgehead atoms. The standard InChI is InChI=1S/C28H19ClN2/c29-23-17-19-27-26(20-23)28(31(30-27)24-14-8-3-9-15-24)25(22-12-6-2-7-13-22)18-16-21-10-4-1-5-11-21/h1-17,19-20H. The largest absolute Gasteiger partial charge is 0.231 e. The fraction of sp³-hybridized carbons (Fsp3) is 0. The maximum Gasteiger partial charge on any atom is 0.0935 e. The highest BCUT2D eigenvalue weighted by Crippen LogP contribution is 2.33. The minimum atomic E-state index is 0.681. The molecule has 0 unspecified atom stereocenters. The summed E-state index contributed by atoms with van der Waals surface area (Å²) in [6.45, 7) is 0. The molecule has 5 aromatic rings. The summed E-state index contributed by atoms with van der Waals surface area (Å²) in [6.07, 6.45) is 2.01. The third-order valence-corrected chi connectivity index (χ3v) is 5.35. The second kappa shape index (κ2) is 8.49. The number of benzene rings is 4. The molecule has 4 aromatic carbocycles. The van der Waals surface area contributed by atoms with Crippen molar-refractivity contribution in [1.82, 2.24) is 9.78 Å². The van der Waals surface area contributed by atoms with Crippen molar-refractivity contribution in [2.45, 2.75) is 0 Å². The molecule has 0 radical (unpaired) electrons. The molecule has 1 aromatic heterocycles. The summed E-state index contributed by atoms with van der Waals surface area (Å²) in [5, 5.41) is 6.58. The normalized spacial score (nSPS) is 10.6. The van der Waals surface area contributed by atoms with Gasteiger partial charge in [-0.1, -0.05) is 90.5 Å². The summed E-state index contributed by atoms with van der Waals surface area (Å²) in [7, 11) is 0. The lowest BCUT2D eigenvalue weighted by atomic mass is 10.00. The van der Waals surface area contributed by atoms with Gasteiger partial charge in [-0.2, -0.15) is 5.10 Å². The lowest BCUT2D eigenvalue weighted by molar-refractivity contribution is 0.882. The van der Waals surface area contributed by atoms with E-state index >= 15 is 0 Å². The summed E-state index contributed by atoms with van der Waals surface area (Å²) in [5.74, 6) is 0. The van der Waals surface area contributed by atoms with Gasteiger partial charge in [-0.3, -0.25) is 0 Å². The van der Waals surface area contributed by atoms with Gasteiger partial charge in [-0.05, 0) is 47.5 Å². The van der Waals surface area contributed by atoms with E-state index in [1.165, 1.54) is 0 Å². The molecule has 1 heterocycles. The number of para-hydroxylation sites is 1. The van der Waals surface area contributed by atoms with Gasteiger partial charge in [0.2, 0.25) is 0 Å². The lowest BCUT2D eigenvalue weighted by Gasteiger charge is -2.11. The van der Waals surface area contributed by atoms with Crippen LogP contribution in [0.3, 0.4) is 0 Å². The van der Waals surface area contributed by atoms with Crippen LogP contribution < -0.4 is 0 Å². The Morgan fingerprint density at radius 3 is 2.13 bits per heavy atom. The Hall–Kier alpha value is -3.84. The molecule has 0 N–H and O–H groups in total. The number of halogens is 1. The van der Waals surface area contributed by atoms with Crippen molar-refractivity contribution in [2.24, 2.45) is 0 Å². The smallest absolute Gasteiger partial charge is 0.0935 e. The number of hydrogen-bond acceptors (Lipinski definition) is 1. The number of aromatic nitrogens is 2. The van der Waals surface area contributed by atoms with E-state index in [0.717, 1.165) is 39.0 Å². The lowest BCUT2D eigenvalue weighted by Crippen LogP contribution is -2.02. The van der Waals surface area contributed by atoms with Crippen LogP contribution in [0.15, 0.2) is 115 Å². The predicted octanol–water partition coefficient (Wildman–Crippen LogP) is 7.42. The predicted molar refractivity (Wildman–Crippen MR) is 129 cm³/mol. The Balaban J connectivity index is 1.85. The van der Waals surface area contributed by atoms with E-state index in [1.54, 1.807) is 0 Å². The van der Waals surface area contributed by atoms with Crippen molar-refractivity contribution < 1.29 is 0 Å². The quantitative estimate of drug-likeness (QED) is 0.277. The average molecular weight is 419 g/mol. The molecule has 0 aliphatic rings. The topological polar surface area (TPSA) is 17.8 Å². The summed E-state index contributed by atoms with van der Waals surface area (Å²) in [4.78, 5) is 0. The minimum absolute atomic E-state index is 0.681. The van der Waals surface area contributed by atoms with Gasteiger partial charge in [0.1, 0.15) is 0 Å². The van der Waals surface area contributed by atoms with Crippen LogP contribution in [0.2, 0.25) is 5.02 Å². The summed E-state index contributed by atoms with van der Waals surface area (Å²) in [5.41, 5.74) is 9.50. The zero-order chi connectivity index (χ0) is 21.0. The fourth-order valence-electron chi connectivity index (χ4n) is 3.65. The van der Waals surface area contributed by atoms with Gasteiger partial charge < -0.3 is 0 Å². The summed E-state index contributed by atoms with van der Waals surface area (Å²) >= 11 is 6.40. The van der Waals surface area contributed by atoms with Crippen molar-refractivity contribution in [3.05, 3.63) is 137 Å². The molecule has 0 spiro atoms. The average Bonchev–Trinajstić information content (AvgIpc) is 3.20. The first-order valence-corrected chi connectivity index (χ1v) is 10.5. The third-order valence-electron chi connectivity index (χ3n) is 5.12. The van der Waals surface area contributed by atoms with Crippen LogP contribution in [0.4, 0.5) is 0 Å². The van der Waals surface area contributed by atoms with Crippen molar-refractivity contribution in [1.29, 1.82) is 0 Å². The number of hydrogen-bond donors (Lipinski definition) is 0. The molecule has 31 heavy (non-hydrogen) atoms.